The van der Waals surface area contributed by atoms with Crippen molar-refractivity contribution in [3.05, 3.63) is 29.8 Å². The fourth-order valence-electron chi connectivity index (χ4n) is 2.61. The molecule has 0 heterocycles. The summed E-state index contributed by atoms with van der Waals surface area (Å²) in [7, 11) is 5.60. The van der Waals surface area contributed by atoms with Crippen LogP contribution in [0.1, 0.15) is 57.4 Å². The predicted molar refractivity (Wildman–Crippen MR) is 113 cm³/mol. The van der Waals surface area contributed by atoms with E-state index in [0.717, 1.165) is 13.0 Å². The van der Waals surface area contributed by atoms with Crippen LogP contribution in [0.5, 0.6) is 0 Å². The van der Waals surface area contributed by atoms with Gasteiger partial charge in [0, 0.05) is 24.9 Å². The standard InChI is InChI=1S/C20H35N2OPS/c1-6-7-8-9-10-11-12-20(23)22(4)24(5)25-19-15-13-18(14-16-19)17-21(2)3/h13-16H,6-12,17H2,1-5H3. The molecular weight excluding hydrogens is 347 g/mol. The van der Waals surface area contributed by atoms with Crippen molar-refractivity contribution in [1.82, 2.24) is 9.57 Å². The van der Waals surface area contributed by atoms with E-state index in [2.05, 4.69) is 56.8 Å². The van der Waals surface area contributed by atoms with Gasteiger partial charge >= 0.3 is 0 Å². The van der Waals surface area contributed by atoms with Gasteiger partial charge in [0.05, 0.1) is 7.27 Å². The zero-order chi connectivity index (χ0) is 18.7. The van der Waals surface area contributed by atoms with E-state index in [9.17, 15) is 4.79 Å². The van der Waals surface area contributed by atoms with Gasteiger partial charge in [-0.2, -0.15) is 0 Å². The molecule has 5 heteroatoms. The van der Waals surface area contributed by atoms with Gasteiger partial charge in [-0.15, -0.1) is 0 Å². The quantitative estimate of drug-likeness (QED) is 0.328. The molecule has 1 amide bonds. The second-order valence-electron chi connectivity index (χ2n) is 6.87. The number of carbonyl (C=O) groups excluding carboxylic acids is 1. The molecule has 1 unspecified atom stereocenters. The average molecular weight is 383 g/mol. The van der Waals surface area contributed by atoms with Crippen molar-refractivity contribution >= 4 is 24.6 Å². The lowest BCUT2D eigenvalue weighted by atomic mass is 10.1. The number of benzene rings is 1. The molecule has 0 aliphatic heterocycles. The van der Waals surface area contributed by atoms with E-state index >= 15 is 0 Å². The second-order valence-corrected chi connectivity index (χ2v) is 11.2. The zero-order valence-electron chi connectivity index (χ0n) is 16.6. The van der Waals surface area contributed by atoms with Gasteiger partial charge in [0.25, 0.3) is 0 Å². The van der Waals surface area contributed by atoms with Crippen LogP contribution in [-0.2, 0) is 11.3 Å². The predicted octanol–water partition coefficient (Wildman–Crippen LogP) is 5.99. The smallest absolute Gasteiger partial charge is 0.226 e. The normalized spacial score (nSPS) is 12.4. The molecule has 1 atom stereocenters. The van der Waals surface area contributed by atoms with Gasteiger partial charge in [0.1, 0.15) is 0 Å². The largest absolute Gasteiger partial charge is 0.316 e. The van der Waals surface area contributed by atoms with Crippen LogP contribution in [0.2, 0.25) is 0 Å². The summed E-state index contributed by atoms with van der Waals surface area (Å²) in [5.41, 5.74) is 1.32. The van der Waals surface area contributed by atoms with Crippen molar-refractivity contribution in [3.63, 3.8) is 0 Å². The molecule has 142 valence electrons. The molecule has 0 bridgehead atoms. The number of amides is 1. The van der Waals surface area contributed by atoms with Crippen LogP contribution in [0, 0.1) is 0 Å². The second kappa shape index (κ2) is 12.7. The minimum Gasteiger partial charge on any atom is -0.316 e. The zero-order valence-corrected chi connectivity index (χ0v) is 18.3. The summed E-state index contributed by atoms with van der Waals surface area (Å²) in [5, 5.41) is 0. The van der Waals surface area contributed by atoms with Gasteiger partial charge in [-0.05, 0) is 44.9 Å². The van der Waals surface area contributed by atoms with Gasteiger partial charge in [0.15, 0.2) is 0 Å². The number of nitrogens with zero attached hydrogens (tertiary/aromatic N) is 2. The number of hydrogen-bond acceptors (Lipinski definition) is 3. The van der Waals surface area contributed by atoms with Gasteiger partial charge in [-0.1, -0.05) is 62.5 Å². The highest BCUT2D eigenvalue weighted by molar-refractivity contribution is 8.54. The first-order valence-electron chi connectivity index (χ1n) is 9.36. The number of rotatable bonds is 12. The maximum Gasteiger partial charge on any atom is 0.226 e. The Balaban J connectivity index is 2.34. The summed E-state index contributed by atoms with van der Waals surface area (Å²) < 4.78 is 1.96. The molecule has 1 aromatic rings. The van der Waals surface area contributed by atoms with E-state index in [0.29, 0.717) is 12.3 Å². The van der Waals surface area contributed by atoms with E-state index in [1.165, 1.54) is 42.6 Å². The van der Waals surface area contributed by atoms with E-state index < -0.39 is 7.27 Å². The Morgan fingerprint density at radius 3 is 2.20 bits per heavy atom. The lowest BCUT2D eigenvalue weighted by Gasteiger charge is -2.24. The maximum atomic E-state index is 12.4. The lowest BCUT2D eigenvalue weighted by molar-refractivity contribution is -0.125. The molecule has 0 saturated heterocycles. The number of unbranched alkanes of at least 4 members (excludes halogenated alkanes) is 5. The SMILES string of the molecule is CCCCCCCCC(=O)N(C)P(C)Sc1ccc(CN(C)C)cc1. The molecule has 0 saturated carbocycles. The molecule has 1 rings (SSSR count). The van der Waals surface area contributed by atoms with Gasteiger partial charge in [-0.3, -0.25) is 4.79 Å². The Kier molecular flexibility index (Phi) is 11.4. The Labute approximate surface area is 160 Å². The fourth-order valence-corrected chi connectivity index (χ4v) is 5.63. The van der Waals surface area contributed by atoms with Crippen molar-refractivity contribution in [2.75, 3.05) is 27.8 Å². The van der Waals surface area contributed by atoms with Crippen LogP contribution in [-0.4, -0.2) is 43.3 Å². The van der Waals surface area contributed by atoms with Crippen molar-refractivity contribution in [2.24, 2.45) is 0 Å². The molecule has 1 aromatic carbocycles. The molecule has 0 spiro atoms. The van der Waals surface area contributed by atoms with E-state index in [1.54, 1.807) is 0 Å². The lowest BCUT2D eigenvalue weighted by Crippen LogP contribution is -2.19. The molecule has 0 fully saturated rings. The first kappa shape index (κ1) is 22.5. The number of carbonyl (C=O) groups is 1. The summed E-state index contributed by atoms with van der Waals surface area (Å²) in [5.74, 6) is 0.292. The third-order valence-corrected chi connectivity index (χ3v) is 8.16. The Morgan fingerprint density at radius 1 is 1.00 bits per heavy atom. The topological polar surface area (TPSA) is 23.6 Å². The minimum atomic E-state index is -0.524. The van der Waals surface area contributed by atoms with Crippen LogP contribution in [0.15, 0.2) is 29.2 Å². The van der Waals surface area contributed by atoms with E-state index in [-0.39, 0.29) is 0 Å². The third kappa shape index (κ3) is 9.63. The summed E-state index contributed by atoms with van der Waals surface area (Å²) in [6.07, 6.45) is 8.06. The molecule has 0 aliphatic carbocycles. The van der Waals surface area contributed by atoms with E-state index in [4.69, 9.17) is 0 Å². The summed E-state index contributed by atoms with van der Waals surface area (Å²) >= 11 is 1.81. The van der Waals surface area contributed by atoms with Gasteiger partial charge in [0.2, 0.25) is 5.91 Å². The van der Waals surface area contributed by atoms with Crippen molar-refractivity contribution in [1.29, 1.82) is 0 Å². The van der Waals surface area contributed by atoms with Crippen molar-refractivity contribution < 1.29 is 4.79 Å². The number of hydrogen-bond donors (Lipinski definition) is 0. The average Bonchev–Trinajstić information content (AvgIpc) is 2.58. The highest BCUT2D eigenvalue weighted by Gasteiger charge is 2.16. The van der Waals surface area contributed by atoms with E-state index in [1.807, 2.05) is 23.1 Å². The summed E-state index contributed by atoms with van der Waals surface area (Å²) in [6.45, 7) is 5.37. The Hall–Kier alpha value is -0.570. The molecule has 0 aromatic heterocycles. The minimum absolute atomic E-state index is 0.292. The summed E-state index contributed by atoms with van der Waals surface area (Å²) in [4.78, 5) is 15.8. The summed E-state index contributed by atoms with van der Waals surface area (Å²) in [6, 6.07) is 8.72. The fraction of sp³-hybridized carbons (Fsp3) is 0.650. The monoisotopic (exact) mass is 382 g/mol. The highest BCUT2D eigenvalue weighted by atomic mass is 32.7. The van der Waals surface area contributed by atoms with Crippen molar-refractivity contribution in [3.8, 4) is 0 Å². The first-order valence-corrected chi connectivity index (χ1v) is 12.5. The molecule has 0 aliphatic rings. The molecule has 3 nitrogen and oxygen atoms in total. The van der Waals surface area contributed by atoms with Crippen LogP contribution in [0.3, 0.4) is 0 Å². The van der Waals surface area contributed by atoms with Crippen LogP contribution >= 0.6 is 18.7 Å². The Morgan fingerprint density at radius 2 is 1.60 bits per heavy atom. The van der Waals surface area contributed by atoms with Crippen LogP contribution in [0.25, 0.3) is 0 Å². The van der Waals surface area contributed by atoms with Gasteiger partial charge < -0.3 is 9.57 Å². The molecule has 25 heavy (non-hydrogen) atoms. The maximum absolute atomic E-state index is 12.4. The highest BCUT2D eigenvalue weighted by Crippen LogP contribution is 2.53. The van der Waals surface area contributed by atoms with Crippen LogP contribution < -0.4 is 0 Å². The van der Waals surface area contributed by atoms with Gasteiger partial charge in [-0.25, -0.2) is 0 Å². The molecular formula is C20H35N2OPS. The van der Waals surface area contributed by atoms with Crippen molar-refractivity contribution in [2.45, 2.75) is 63.3 Å². The van der Waals surface area contributed by atoms with Crippen LogP contribution in [0.4, 0.5) is 0 Å². The molecule has 0 N–H and O–H groups in total. The third-order valence-electron chi connectivity index (χ3n) is 4.19. The molecule has 0 radical (unpaired) electrons. The first-order chi connectivity index (χ1) is 11.9. The Bertz CT molecular complexity index is 493.